The number of hydrogen-bond donors (Lipinski definition) is 7. The smallest absolute Gasteiger partial charge is 0.306 e. The molecule has 446 valence electrons. The molecule has 76 heavy (non-hydrogen) atoms. The molecule has 15 heteroatoms. The van der Waals surface area contributed by atoms with E-state index in [1.54, 1.807) is 0 Å². The number of carbonyl (C=O) groups is 2. The number of rotatable bonds is 50. The summed E-state index contributed by atoms with van der Waals surface area (Å²) in [7, 11) is 0. The third-order valence-corrected chi connectivity index (χ3v) is 14.9. The number of ether oxygens (including phenoxy) is 6. The molecule has 11 unspecified atom stereocenters. The summed E-state index contributed by atoms with van der Waals surface area (Å²) in [6.45, 7) is 2.64. The molecule has 11 atom stereocenters. The summed E-state index contributed by atoms with van der Waals surface area (Å²) in [5, 5.41) is 72.4. The number of carbonyl (C=O) groups excluding carboxylic acids is 2. The van der Waals surface area contributed by atoms with Crippen molar-refractivity contribution in [1.82, 2.24) is 0 Å². The number of allylic oxidation sites excluding steroid dienone is 4. The van der Waals surface area contributed by atoms with Crippen LogP contribution < -0.4 is 0 Å². The highest BCUT2D eigenvalue weighted by Gasteiger charge is 2.47. The largest absolute Gasteiger partial charge is 0.462 e. The van der Waals surface area contributed by atoms with Crippen LogP contribution in [0.2, 0.25) is 0 Å². The number of unbranched alkanes of at least 4 members (excludes halogenated alkanes) is 32. The molecular weight excluding hydrogens is 973 g/mol. The Balaban J connectivity index is 1.72. The molecule has 2 saturated heterocycles. The van der Waals surface area contributed by atoms with Crippen molar-refractivity contribution in [2.45, 2.75) is 325 Å². The van der Waals surface area contributed by atoms with Gasteiger partial charge in [-0.1, -0.05) is 224 Å². The first-order valence-electron chi connectivity index (χ1n) is 30.9. The molecule has 7 N–H and O–H groups in total. The summed E-state index contributed by atoms with van der Waals surface area (Å²) in [6, 6.07) is 0. The first kappa shape index (κ1) is 70.1. The van der Waals surface area contributed by atoms with Crippen LogP contribution in [-0.2, 0) is 38.0 Å². The Hall–Kier alpha value is -2.02. The van der Waals surface area contributed by atoms with E-state index in [-0.39, 0.29) is 26.1 Å². The molecule has 2 fully saturated rings. The Morgan fingerprint density at radius 3 is 1.22 bits per heavy atom. The molecule has 0 spiro atoms. The first-order chi connectivity index (χ1) is 37.0. The summed E-state index contributed by atoms with van der Waals surface area (Å²) in [5.74, 6) is -0.912. The van der Waals surface area contributed by atoms with Crippen molar-refractivity contribution >= 4 is 11.9 Å². The first-order valence-corrected chi connectivity index (χ1v) is 30.9. The Kier molecular flexibility index (Phi) is 44.0. The highest BCUT2D eigenvalue weighted by molar-refractivity contribution is 5.70. The van der Waals surface area contributed by atoms with Gasteiger partial charge in [0, 0.05) is 12.8 Å². The molecule has 2 aliphatic heterocycles. The zero-order chi connectivity index (χ0) is 55.3. The van der Waals surface area contributed by atoms with Crippen LogP contribution in [-0.4, -0.2) is 142 Å². The van der Waals surface area contributed by atoms with Gasteiger partial charge in [0.15, 0.2) is 18.7 Å². The predicted molar refractivity (Wildman–Crippen MR) is 298 cm³/mol. The number of aliphatic hydroxyl groups is 7. The van der Waals surface area contributed by atoms with Crippen molar-refractivity contribution in [2.24, 2.45) is 0 Å². The predicted octanol–water partition coefficient (Wildman–Crippen LogP) is 11.1. The average Bonchev–Trinajstić information content (AvgIpc) is 3.41. The third kappa shape index (κ3) is 34.2. The molecule has 2 rings (SSSR count). The lowest BCUT2D eigenvalue weighted by atomic mass is 9.98. The second-order valence-corrected chi connectivity index (χ2v) is 21.9. The van der Waals surface area contributed by atoms with Crippen LogP contribution in [0.4, 0.5) is 0 Å². The van der Waals surface area contributed by atoms with Crippen LogP contribution in [0, 0.1) is 0 Å². The third-order valence-electron chi connectivity index (χ3n) is 14.9. The number of esters is 2. The molecule has 0 aromatic rings. The molecule has 0 radical (unpaired) electrons. The van der Waals surface area contributed by atoms with Crippen LogP contribution in [0.3, 0.4) is 0 Å². The lowest BCUT2D eigenvalue weighted by Crippen LogP contribution is -2.61. The van der Waals surface area contributed by atoms with Gasteiger partial charge >= 0.3 is 11.9 Å². The van der Waals surface area contributed by atoms with Gasteiger partial charge in [-0.15, -0.1) is 0 Å². The van der Waals surface area contributed by atoms with E-state index in [1.165, 1.54) is 167 Å². The molecule has 2 aliphatic rings. The van der Waals surface area contributed by atoms with Crippen molar-refractivity contribution in [3.05, 3.63) is 24.3 Å². The van der Waals surface area contributed by atoms with Crippen molar-refractivity contribution < 1.29 is 73.8 Å². The quantitative estimate of drug-likeness (QED) is 0.0171. The van der Waals surface area contributed by atoms with E-state index >= 15 is 0 Å². The Morgan fingerprint density at radius 1 is 0.421 bits per heavy atom. The Labute approximate surface area is 460 Å². The van der Waals surface area contributed by atoms with E-state index in [0.717, 1.165) is 51.4 Å². The number of hydrogen-bond acceptors (Lipinski definition) is 15. The van der Waals surface area contributed by atoms with Crippen molar-refractivity contribution in [2.75, 3.05) is 26.4 Å². The molecule has 0 aliphatic carbocycles. The van der Waals surface area contributed by atoms with E-state index in [1.807, 2.05) is 0 Å². The van der Waals surface area contributed by atoms with Crippen LogP contribution in [0.1, 0.15) is 258 Å². The average molecular weight is 1090 g/mol. The summed E-state index contributed by atoms with van der Waals surface area (Å²) >= 11 is 0. The number of aliphatic hydroxyl groups excluding tert-OH is 7. The van der Waals surface area contributed by atoms with Crippen LogP contribution in [0.5, 0.6) is 0 Å². The summed E-state index contributed by atoms with van der Waals surface area (Å²) in [6.07, 6.45) is 36.2. The second-order valence-electron chi connectivity index (χ2n) is 21.9. The van der Waals surface area contributed by atoms with Crippen LogP contribution >= 0.6 is 0 Å². The standard InChI is InChI=1S/C61H112O15/c1-3-5-7-9-11-13-15-17-19-21-22-23-24-25-26-28-30-32-34-36-38-40-42-44-53(64)74-49(46-71-52(63)43-41-39-37-35-33-31-29-27-20-18-16-14-12-10-8-6-4-2)47-72-60-59(70)57(68)55(66)51(76-60)48-73-61-58(69)56(67)54(65)50(45-62)75-61/h15,17,21-22,49-51,54-62,65-70H,3-14,16,18-20,23-48H2,1-2H3/b17-15-,22-21-. The van der Waals surface area contributed by atoms with Gasteiger partial charge in [-0.2, -0.15) is 0 Å². The van der Waals surface area contributed by atoms with E-state index in [4.69, 9.17) is 28.4 Å². The zero-order valence-corrected chi connectivity index (χ0v) is 47.8. The summed E-state index contributed by atoms with van der Waals surface area (Å²) in [4.78, 5) is 25.9. The van der Waals surface area contributed by atoms with Gasteiger partial charge in [0.25, 0.3) is 0 Å². The highest BCUT2D eigenvalue weighted by Crippen LogP contribution is 2.27. The van der Waals surface area contributed by atoms with Gasteiger partial charge in [-0.3, -0.25) is 9.59 Å². The van der Waals surface area contributed by atoms with Crippen molar-refractivity contribution in [3.63, 3.8) is 0 Å². The topological polar surface area (TPSA) is 231 Å². The molecule has 0 amide bonds. The normalized spacial score (nSPS) is 24.4. The van der Waals surface area contributed by atoms with Crippen LogP contribution in [0.15, 0.2) is 24.3 Å². The fourth-order valence-corrected chi connectivity index (χ4v) is 9.90. The maximum atomic E-state index is 13.1. The van der Waals surface area contributed by atoms with Gasteiger partial charge < -0.3 is 64.2 Å². The monoisotopic (exact) mass is 1080 g/mol. The maximum absolute atomic E-state index is 13.1. The van der Waals surface area contributed by atoms with E-state index in [9.17, 15) is 45.3 Å². The molecule has 0 aromatic carbocycles. The minimum Gasteiger partial charge on any atom is -0.462 e. The lowest BCUT2D eigenvalue weighted by molar-refractivity contribution is -0.332. The van der Waals surface area contributed by atoms with E-state index < -0.39 is 92.7 Å². The fourth-order valence-electron chi connectivity index (χ4n) is 9.90. The van der Waals surface area contributed by atoms with Gasteiger partial charge in [-0.25, -0.2) is 0 Å². The molecular formula is C61H112O15. The van der Waals surface area contributed by atoms with Gasteiger partial charge in [0.05, 0.1) is 19.8 Å². The highest BCUT2D eigenvalue weighted by atomic mass is 16.7. The molecule has 2 heterocycles. The minimum absolute atomic E-state index is 0.166. The molecule has 0 aromatic heterocycles. The summed E-state index contributed by atoms with van der Waals surface area (Å²) in [5.41, 5.74) is 0. The zero-order valence-electron chi connectivity index (χ0n) is 47.8. The van der Waals surface area contributed by atoms with E-state index in [2.05, 4.69) is 38.2 Å². The second kappa shape index (κ2) is 47.8. The van der Waals surface area contributed by atoms with Crippen LogP contribution in [0.25, 0.3) is 0 Å². The molecule has 0 bridgehead atoms. The van der Waals surface area contributed by atoms with Gasteiger partial charge in [-0.05, 0) is 44.9 Å². The lowest BCUT2D eigenvalue weighted by Gasteiger charge is -2.42. The molecule has 15 nitrogen and oxygen atoms in total. The maximum Gasteiger partial charge on any atom is 0.306 e. The Bertz CT molecular complexity index is 1410. The van der Waals surface area contributed by atoms with Crippen molar-refractivity contribution in [3.8, 4) is 0 Å². The fraction of sp³-hybridized carbons (Fsp3) is 0.902. The van der Waals surface area contributed by atoms with Gasteiger partial charge in [0.2, 0.25) is 0 Å². The van der Waals surface area contributed by atoms with Crippen molar-refractivity contribution in [1.29, 1.82) is 0 Å². The Morgan fingerprint density at radius 2 is 0.789 bits per heavy atom. The molecule has 0 saturated carbocycles. The van der Waals surface area contributed by atoms with Gasteiger partial charge in [0.1, 0.15) is 55.4 Å². The minimum atomic E-state index is -1.76. The van der Waals surface area contributed by atoms with E-state index in [0.29, 0.717) is 12.8 Å². The summed E-state index contributed by atoms with van der Waals surface area (Å²) < 4.78 is 33.8. The SMILES string of the molecule is CCCCCCC/C=C\C/C=C\CCCCCCCCCCCCCC(=O)OC(COC(=O)CCCCCCCCCCCCCCCCCCC)COC1OC(COC2OC(CO)C(O)C(O)C2O)C(O)C(O)C1O.